The zero-order valence-corrected chi connectivity index (χ0v) is 14.0. The van der Waals surface area contributed by atoms with E-state index in [1.54, 1.807) is 49.4 Å². The van der Waals surface area contributed by atoms with E-state index in [0.717, 1.165) is 0 Å². The Morgan fingerprint density at radius 2 is 1.88 bits per heavy atom. The first-order chi connectivity index (χ1) is 12.0. The van der Waals surface area contributed by atoms with E-state index in [1.165, 1.54) is 19.3 Å². The van der Waals surface area contributed by atoms with Crippen LogP contribution in [-0.2, 0) is 9.53 Å². The maximum absolute atomic E-state index is 12.3. The molecule has 2 rings (SSSR count). The first kappa shape index (κ1) is 18.1. The van der Waals surface area contributed by atoms with Crippen LogP contribution in [0, 0.1) is 0 Å². The fourth-order valence-electron chi connectivity index (χ4n) is 2.09. The van der Waals surface area contributed by atoms with Gasteiger partial charge in [-0.25, -0.2) is 4.79 Å². The van der Waals surface area contributed by atoms with Gasteiger partial charge in [-0.15, -0.1) is 0 Å². The topological polar surface area (TPSA) is 84.9 Å². The quantitative estimate of drug-likeness (QED) is 0.623. The maximum Gasteiger partial charge on any atom is 0.354 e. The van der Waals surface area contributed by atoms with Crippen molar-refractivity contribution < 1.29 is 24.2 Å². The highest BCUT2D eigenvalue weighted by Gasteiger charge is 2.16. The minimum atomic E-state index is -0.654. The Hall–Kier alpha value is -3.28. The summed E-state index contributed by atoms with van der Waals surface area (Å²) in [6.07, 6.45) is 1.46. The van der Waals surface area contributed by atoms with Crippen molar-refractivity contribution >= 4 is 18.0 Å². The lowest BCUT2D eigenvalue weighted by molar-refractivity contribution is -0.138. The summed E-state index contributed by atoms with van der Waals surface area (Å²) in [5.41, 5.74) is 0.968. The number of carbonyl (C=O) groups excluding carboxylic acids is 2. The van der Waals surface area contributed by atoms with Gasteiger partial charge >= 0.3 is 5.97 Å². The summed E-state index contributed by atoms with van der Waals surface area (Å²) >= 11 is 0. The lowest BCUT2D eigenvalue weighted by Gasteiger charge is -2.10. The Morgan fingerprint density at radius 1 is 1.16 bits per heavy atom. The maximum atomic E-state index is 12.3. The van der Waals surface area contributed by atoms with E-state index in [-0.39, 0.29) is 23.8 Å². The Morgan fingerprint density at radius 3 is 2.52 bits per heavy atom. The zero-order chi connectivity index (χ0) is 18.2. The first-order valence-electron chi connectivity index (χ1n) is 7.67. The molecule has 0 saturated heterocycles. The number of phenolic OH excluding ortho intramolecular Hbond substituents is 1. The molecule has 0 radical (unpaired) electrons. The molecule has 2 aromatic carbocycles. The highest BCUT2D eigenvalue weighted by Crippen LogP contribution is 2.27. The molecule has 0 fully saturated rings. The molecule has 2 aromatic rings. The predicted molar refractivity (Wildman–Crippen MR) is 93.2 cm³/mol. The van der Waals surface area contributed by atoms with E-state index in [0.29, 0.717) is 11.1 Å². The lowest BCUT2D eigenvalue weighted by Crippen LogP contribution is -2.28. The van der Waals surface area contributed by atoms with Crippen molar-refractivity contribution in [2.45, 2.75) is 6.92 Å². The Kier molecular flexibility index (Phi) is 6.17. The molecular weight excluding hydrogens is 322 g/mol. The Balaban J connectivity index is 2.32. The molecule has 0 aliphatic heterocycles. The molecule has 130 valence electrons. The van der Waals surface area contributed by atoms with E-state index in [9.17, 15) is 14.7 Å². The molecule has 1 amide bonds. The number of ether oxygens (including phenoxy) is 2. The van der Waals surface area contributed by atoms with Gasteiger partial charge in [0, 0.05) is 5.56 Å². The number of rotatable bonds is 6. The normalized spacial score (nSPS) is 10.9. The van der Waals surface area contributed by atoms with Crippen LogP contribution in [0.1, 0.15) is 22.8 Å². The number of nitrogens with one attached hydrogen (secondary N) is 1. The van der Waals surface area contributed by atoms with Gasteiger partial charge in [0.25, 0.3) is 5.91 Å². The number of esters is 1. The van der Waals surface area contributed by atoms with Gasteiger partial charge in [-0.1, -0.05) is 24.3 Å². The minimum absolute atomic E-state index is 0.0107. The second kappa shape index (κ2) is 8.54. The van der Waals surface area contributed by atoms with Gasteiger partial charge in [0.2, 0.25) is 0 Å². The predicted octanol–water partition coefficient (Wildman–Crippen LogP) is 2.73. The van der Waals surface area contributed by atoms with Gasteiger partial charge in [0.15, 0.2) is 11.5 Å². The Labute approximate surface area is 145 Å². The van der Waals surface area contributed by atoms with Crippen LogP contribution in [0.3, 0.4) is 0 Å². The van der Waals surface area contributed by atoms with Crippen LogP contribution in [-0.4, -0.2) is 30.7 Å². The summed E-state index contributed by atoms with van der Waals surface area (Å²) in [7, 11) is 1.42. The largest absolute Gasteiger partial charge is 0.504 e. The van der Waals surface area contributed by atoms with E-state index in [1.807, 2.05) is 0 Å². The molecule has 0 unspecified atom stereocenters. The standard InChI is InChI=1S/C19H19NO5/c1-3-25-19(23)15(20-18(22)14-7-5-4-6-8-14)11-13-9-10-16(21)17(12-13)24-2/h4-12,21H,3H2,1-2H3,(H,20,22)/b15-11+. The summed E-state index contributed by atoms with van der Waals surface area (Å²) in [5.74, 6) is -0.846. The molecule has 6 heteroatoms. The van der Waals surface area contributed by atoms with Crippen molar-refractivity contribution in [2.75, 3.05) is 13.7 Å². The molecule has 0 aromatic heterocycles. The third-order valence-electron chi connectivity index (χ3n) is 3.29. The summed E-state index contributed by atoms with van der Waals surface area (Å²) in [6.45, 7) is 1.86. The van der Waals surface area contributed by atoms with Crippen molar-refractivity contribution in [3.63, 3.8) is 0 Å². The molecule has 0 spiro atoms. The van der Waals surface area contributed by atoms with Gasteiger partial charge in [0.1, 0.15) is 5.70 Å². The van der Waals surface area contributed by atoms with Crippen LogP contribution < -0.4 is 10.1 Å². The van der Waals surface area contributed by atoms with Crippen molar-refractivity contribution in [3.05, 3.63) is 65.4 Å². The van der Waals surface area contributed by atoms with E-state index < -0.39 is 11.9 Å². The monoisotopic (exact) mass is 341 g/mol. The molecule has 0 aliphatic rings. The second-order valence-electron chi connectivity index (χ2n) is 5.03. The number of amides is 1. The Bertz CT molecular complexity index is 784. The van der Waals surface area contributed by atoms with Crippen molar-refractivity contribution in [1.29, 1.82) is 0 Å². The number of carbonyl (C=O) groups is 2. The van der Waals surface area contributed by atoms with E-state index in [4.69, 9.17) is 9.47 Å². The second-order valence-corrected chi connectivity index (χ2v) is 5.03. The number of benzene rings is 2. The van der Waals surface area contributed by atoms with Crippen LogP contribution in [0.25, 0.3) is 6.08 Å². The van der Waals surface area contributed by atoms with Gasteiger partial charge in [0.05, 0.1) is 13.7 Å². The van der Waals surface area contributed by atoms with Crippen LogP contribution in [0.2, 0.25) is 0 Å². The summed E-state index contributed by atoms with van der Waals surface area (Å²) in [6, 6.07) is 13.1. The molecule has 0 heterocycles. The molecule has 2 N–H and O–H groups in total. The highest BCUT2D eigenvalue weighted by molar-refractivity contribution is 6.03. The van der Waals surface area contributed by atoms with Gasteiger partial charge in [-0.05, 0) is 42.8 Å². The fraction of sp³-hybridized carbons (Fsp3) is 0.158. The molecule has 25 heavy (non-hydrogen) atoms. The van der Waals surface area contributed by atoms with Crippen LogP contribution >= 0.6 is 0 Å². The summed E-state index contributed by atoms with van der Waals surface area (Å²) in [4.78, 5) is 24.5. The van der Waals surface area contributed by atoms with Crippen LogP contribution in [0.5, 0.6) is 11.5 Å². The number of hydrogen-bond donors (Lipinski definition) is 2. The number of hydrogen-bond acceptors (Lipinski definition) is 5. The van der Waals surface area contributed by atoms with E-state index >= 15 is 0 Å². The molecule has 0 saturated carbocycles. The molecule has 0 bridgehead atoms. The SMILES string of the molecule is CCOC(=O)/C(=C\c1ccc(O)c(OC)c1)NC(=O)c1ccccc1. The summed E-state index contributed by atoms with van der Waals surface area (Å²) in [5, 5.41) is 12.2. The van der Waals surface area contributed by atoms with E-state index in [2.05, 4.69) is 5.32 Å². The zero-order valence-electron chi connectivity index (χ0n) is 14.0. The number of phenols is 1. The summed E-state index contributed by atoms with van der Waals surface area (Å²) < 4.78 is 10.0. The third-order valence-corrected chi connectivity index (χ3v) is 3.29. The van der Waals surface area contributed by atoms with Crippen molar-refractivity contribution in [2.24, 2.45) is 0 Å². The number of methoxy groups -OCH3 is 1. The van der Waals surface area contributed by atoms with Gasteiger partial charge in [-0.3, -0.25) is 4.79 Å². The fourth-order valence-corrected chi connectivity index (χ4v) is 2.09. The highest BCUT2D eigenvalue weighted by atomic mass is 16.5. The van der Waals surface area contributed by atoms with Crippen LogP contribution in [0.15, 0.2) is 54.2 Å². The molecule has 6 nitrogen and oxygen atoms in total. The average molecular weight is 341 g/mol. The molecule has 0 atom stereocenters. The average Bonchev–Trinajstić information content (AvgIpc) is 2.63. The van der Waals surface area contributed by atoms with Crippen LogP contribution in [0.4, 0.5) is 0 Å². The van der Waals surface area contributed by atoms with Crippen molar-refractivity contribution in [1.82, 2.24) is 5.32 Å². The number of aromatic hydroxyl groups is 1. The molecule has 0 aliphatic carbocycles. The first-order valence-corrected chi connectivity index (χ1v) is 7.67. The van der Waals surface area contributed by atoms with Gasteiger partial charge in [-0.2, -0.15) is 0 Å². The lowest BCUT2D eigenvalue weighted by atomic mass is 10.1. The van der Waals surface area contributed by atoms with Gasteiger partial charge < -0.3 is 19.9 Å². The smallest absolute Gasteiger partial charge is 0.354 e. The van der Waals surface area contributed by atoms with Crippen molar-refractivity contribution in [3.8, 4) is 11.5 Å². The minimum Gasteiger partial charge on any atom is -0.504 e. The molecular formula is C19H19NO5. The third kappa shape index (κ3) is 4.84.